The Balaban J connectivity index is 1.41. The molecule has 0 unspecified atom stereocenters. The normalized spacial score (nSPS) is 14.6. The molecule has 4 aromatic rings. The Labute approximate surface area is 189 Å². The lowest BCUT2D eigenvalue weighted by atomic mass is 9.90. The van der Waals surface area contributed by atoms with Gasteiger partial charge in [0.05, 0.1) is 16.8 Å². The zero-order chi connectivity index (χ0) is 21.9. The maximum Gasteiger partial charge on any atom is 0.254 e. The Morgan fingerprint density at radius 1 is 0.969 bits per heavy atom. The van der Waals surface area contributed by atoms with Gasteiger partial charge in [-0.05, 0) is 68.0 Å². The number of nitrogens with zero attached hydrogens (tertiary/aromatic N) is 3. The monoisotopic (exact) mass is 421 g/mol. The lowest BCUT2D eigenvalue weighted by Gasteiger charge is -2.32. The molecule has 0 N–H and O–H groups in total. The summed E-state index contributed by atoms with van der Waals surface area (Å²) in [6.45, 7) is 3.66. The van der Waals surface area contributed by atoms with Gasteiger partial charge >= 0.3 is 0 Å². The van der Waals surface area contributed by atoms with Gasteiger partial charge in [-0.15, -0.1) is 0 Å². The van der Waals surface area contributed by atoms with Gasteiger partial charge in [-0.2, -0.15) is 0 Å². The lowest BCUT2D eigenvalue weighted by Crippen LogP contribution is -2.39. The molecule has 1 aliphatic rings. The number of fused-ring (bicyclic) bond motifs is 1. The molecule has 2 aromatic heterocycles. The van der Waals surface area contributed by atoms with Crippen molar-refractivity contribution in [3.8, 4) is 11.3 Å². The van der Waals surface area contributed by atoms with E-state index in [-0.39, 0.29) is 5.91 Å². The van der Waals surface area contributed by atoms with Crippen LogP contribution in [0.15, 0.2) is 79.1 Å². The second-order valence-corrected chi connectivity index (χ2v) is 8.74. The Kier molecular flexibility index (Phi) is 5.68. The molecule has 4 nitrogen and oxygen atoms in total. The van der Waals surface area contributed by atoms with E-state index in [2.05, 4.69) is 54.4 Å². The van der Waals surface area contributed by atoms with Crippen molar-refractivity contribution >= 4 is 16.8 Å². The van der Waals surface area contributed by atoms with Crippen LogP contribution in [0.5, 0.6) is 0 Å². The van der Waals surface area contributed by atoms with Crippen LogP contribution in [-0.2, 0) is 6.42 Å². The van der Waals surface area contributed by atoms with Crippen molar-refractivity contribution in [3.05, 3.63) is 95.8 Å². The third-order valence-corrected chi connectivity index (χ3v) is 6.44. The maximum absolute atomic E-state index is 13.7. The number of aromatic nitrogens is 2. The molecule has 32 heavy (non-hydrogen) atoms. The molecule has 1 fully saturated rings. The van der Waals surface area contributed by atoms with E-state index in [0.717, 1.165) is 65.6 Å². The molecule has 0 radical (unpaired) electrons. The van der Waals surface area contributed by atoms with Crippen LogP contribution in [0.2, 0.25) is 0 Å². The molecular weight excluding hydrogens is 394 g/mol. The second kappa shape index (κ2) is 8.91. The fourth-order valence-electron chi connectivity index (χ4n) is 4.65. The van der Waals surface area contributed by atoms with Crippen LogP contribution in [0, 0.1) is 12.8 Å². The van der Waals surface area contributed by atoms with Crippen LogP contribution in [0.4, 0.5) is 0 Å². The fourth-order valence-corrected chi connectivity index (χ4v) is 4.65. The number of piperidine rings is 1. The third kappa shape index (κ3) is 4.26. The Morgan fingerprint density at radius 3 is 2.47 bits per heavy atom. The van der Waals surface area contributed by atoms with E-state index in [9.17, 15) is 4.79 Å². The summed E-state index contributed by atoms with van der Waals surface area (Å²) in [7, 11) is 0. The zero-order valence-corrected chi connectivity index (χ0v) is 18.4. The molecule has 2 aromatic carbocycles. The molecule has 0 aliphatic carbocycles. The first kappa shape index (κ1) is 20.4. The summed E-state index contributed by atoms with van der Waals surface area (Å²) in [5.41, 5.74) is 5.89. The van der Waals surface area contributed by atoms with Crippen LogP contribution < -0.4 is 0 Å². The van der Waals surface area contributed by atoms with E-state index in [1.165, 1.54) is 5.56 Å². The summed E-state index contributed by atoms with van der Waals surface area (Å²) in [6, 6.07) is 22.6. The Hall–Kier alpha value is -3.53. The first-order valence-electron chi connectivity index (χ1n) is 11.3. The fraction of sp³-hybridized carbons (Fsp3) is 0.250. The van der Waals surface area contributed by atoms with Crippen molar-refractivity contribution in [3.63, 3.8) is 0 Å². The van der Waals surface area contributed by atoms with Crippen molar-refractivity contribution in [1.29, 1.82) is 0 Å². The minimum absolute atomic E-state index is 0.108. The highest BCUT2D eigenvalue weighted by molar-refractivity contribution is 6.07. The SMILES string of the molecule is Cc1ccc2nc(-c3ccncc3)cc(C(=O)N3CCC(Cc4ccccc4)CC3)c2c1. The molecule has 0 atom stereocenters. The number of rotatable bonds is 4. The van der Waals surface area contributed by atoms with E-state index in [1.807, 2.05) is 29.2 Å². The van der Waals surface area contributed by atoms with Crippen molar-refractivity contribution < 1.29 is 4.79 Å². The summed E-state index contributed by atoms with van der Waals surface area (Å²) >= 11 is 0. The third-order valence-electron chi connectivity index (χ3n) is 6.44. The van der Waals surface area contributed by atoms with Gasteiger partial charge in [0, 0.05) is 36.4 Å². The quantitative estimate of drug-likeness (QED) is 0.425. The number of carbonyl (C=O) groups is 1. The predicted octanol–water partition coefficient (Wildman–Crippen LogP) is 5.70. The number of pyridine rings is 2. The number of aryl methyl sites for hydroxylation is 1. The van der Waals surface area contributed by atoms with Gasteiger partial charge in [-0.3, -0.25) is 9.78 Å². The van der Waals surface area contributed by atoms with Crippen LogP contribution in [0.1, 0.15) is 34.3 Å². The van der Waals surface area contributed by atoms with Gasteiger partial charge in [-0.25, -0.2) is 4.98 Å². The minimum atomic E-state index is 0.108. The zero-order valence-electron chi connectivity index (χ0n) is 18.4. The van der Waals surface area contributed by atoms with Gasteiger partial charge in [0.2, 0.25) is 0 Å². The Morgan fingerprint density at radius 2 is 1.72 bits per heavy atom. The molecule has 0 spiro atoms. The predicted molar refractivity (Wildman–Crippen MR) is 128 cm³/mol. The smallest absolute Gasteiger partial charge is 0.254 e. The van der Waals surface area contributed by atoms with Gasteiger partial charge in [0.1, 0.15) is 0 Å². The van der Waals surface area contributed by atoms with E-state index >= 15 is 0 Å². The number of carbonyl (C=O) groups excluding carboxylic acids is 1. The minimum Gasteiger partial charge on any atom is -0.339 e. The molecule has 1 aliphatic heterocycles. The molecule has 1 saturated heterocycles. The van der Waals surface area contributed by atoms with E-state index < -0.39 is 0 Å². The molecule has 4 heteroatoms. The van der Waals surface area contributed by atoms with E-state index in [0.29, 0.717) is 5.92 Å². The van der Waals surface area contributed by atoms with Crippen LogP contribution in [0.3, 0.4) is 0 Å². The van der Waals surface area contributed by atoms with Gasteiger partial charge < -0.3 is 4.90 Å². The molecule has 0 bridgehead atoms. The molecule has 0 saturated carbocycles. The lowest BCUT2D eigenvalue weighted by molar-refractivity contribution is 0.0692. The Bertz CT molecular complexity index is 1230. The number of benzene rings is 2. The highest BCUT2D eigenvalue weighted by Crippen LogP contribution is 2.28. The van der Waals surface area contributed by atoms with Crippen LogP contribution in [-0.4, -0.2) is 33.9 Å². The summed E-state index contributed by atoms with van der Waals surface area (Å²) in [5, 5.41) is 0.930. The van der Waals surface area contributed by atoms with E-state index in [1.54, 1.807) is 12.4 Å². The molecular formula is C28H27N3O. The average Bonchev–Trinajstić information content (AvgIpc) is 2.85. The summed E-state index contributed by atoms with van der Waals surface area (Å²) < 4.78 is 0. The maximum atomic E-state index is 13.7. The topological polar surface area (TPSA) is 46.1 Å². The van der Waals surface area contributed by atoms with Gasteiger partial charge in [-0.1, -0.05) is 42.0 Å². The standard InChI is InChI=1S/C28H27N3O/c1-20-7-8-26-24(17-20)25(19-27(30-26)23-9-13-29-14-10-23)28(32)31-15-11-22(12-16-31)18-21-5-3-2-4-6-21/h2-10,13-14,17,19,22H,11-12,15-16,18H2,1H3. The highest BCUT2D eigenvalue weighted by atomic mass is 16.2. The van der Waals surface area contributed by atoms with Crippen molar-refractivity contribution in [2.24, 2.45) is 5.92 Å². The largest absolute Gasteiger partial charge is 0.339 e. The second-order valence-electron chi connectivity index (χ2n) is 8.74. The number of hydrogen-bond donors (Lipinski definition) is 0. The highest BCUT2D eigenvalue weighted by Gasteiger charge is 2.25. The molecule has 1 amide bonds. The molecule has 5 rings (SSSR count). The summed E-state index contributed by atoms with van der Waals surface area (Å²) in [5.74, 6) is 0.738. The van der Waals surface area contributed by atoms with Gasteiger partial charge in [0.25, 0.3) is 5.91 Å². The summed E-state index contributed by atoms with van der Waals surface area (Å²) in [4.78, 5) is 24.6. The van der Waals surface area contributed by atoms with Crippen LogP contribution in [0.25, 0.3) is 22.2 Å². The number of hydrogen-bond acceptors (Lipinski definition) is 3. The first-order valence-corrected chi connectivity index (χ1v) is 11.3. The van der Waals surface area contributed by atoms with Crippen LogP contribution >= 0.6 is 0 Å². The van der Waals surface area contributed by atoms with Gasteiger partial charge in [0.15, 0.2) is 0 Å². The van der Waals surface area contributed by atoms with E-state index in [4.69, 9.17) is 4.98 Å². The summed E-state index contributed by atoms with van der Waals surface area (Å²) in [6.07, 6.45) is 6.69. The number of amides is 1. The van der Waals surface area contributed by atoms with Crippen molar-refractivity contribution in [2.75, 3.05) is 13.1 Å². The number of likely N-dealkylation sites (tertiary alicyclic amines) is 1. The molecule has 160 valence electrons. The molecule has 3 heterocycles. The average molecular weight is 422 g/mol. The first-order chi connectivity index (χ1) is 15.7. The van der Waals surface area contributed by atoms with Crippen molar-refractivity contribution in [2.45, 2.75) is 26.2 Å². The van der Waals surface area contributed by atoms with Crippen molar-refractivity contribution in [1.82, 2.24) is 14.9 Å².